The molecule has 3 rings (SSSR count). The van der Waals surface area contributed by atoms with Crippen molar-refractivity contribution in [1.82, 2.24) is 5.32 Å². The molecule has 1 saturated carbocycles. The molecule has 1 amide bonds. The molecule has 1 N–H and O–H groups in total. The van der Waals surface area contributed by atoms with Crippen LogP contribution >= 0.6 is 0 Å². The first-order valence-corrected chi connectivity index (χ1v) is 9.77. The molecule has 0 radical (unpaired) electrons. The molecule has 1 fully saturated rings. The Bertz CT molecular complexity index is 764. The fraction of sp³-hybridized carbons (Fsp3) is 0.435. The van der Waals surface area contributed by atoms with E-state index in [1.807, 2.05) is 45.3 Å². The van der Waals surface area contributed by atoms with Gasteiger partial charge in [0.15, 0.2) is 0 Å². The average Bonchev–Trinajstić information content (AvgIpc) is 2.67. The molecular formula is C23H30N2O2. The summed E-state index contributed by atoms with van der Waals surface area (Å²) in [5.74, 6) is -0.00799. The summed E-state index contributed by atoms with van der Waals surface area (Å²) in [7, 11) is 4.07. The van der Waals surface area contributed by atoms with Crippen molar-refractivity contribution in [3.05, 3.63) is 54.1 Å². The number of nitrogens with one attached hydrogen (secondary N) is 1. The van der Waals surface area contributed by atoms with Crippen molar-refractivity contribution in [2.45, 2.75) is 26.2 Å². The molecule has 2 aromatic rings. The first-order chi connectivity index (χ1) is 13.0. The largest absolute Gasteiger partial charge is 0.381 e. The number of amides is 1. The highest BCUT2D eigenvalue weighted by Crippen LogP contribution is 2.40. The highest BCUT2D eigenvalue weighted by Gasteiger charge is 2.37. The predicted molar refractivity (Wildman–Crippen MR) is 111 cm³/mol. The Morgan fingerprint density at radius 3 is 2.44 bits per heavy atom. The Morgan fingerprint density at radius 2 is 1.85 bits per heavy atom. The summed E-state index contributed by atoms with van der Waals surface area (Å²) in [6.45, 7) is 4.18. The Labute approximate surface area is 162 Å². The van der Waals surface area contributed by atoms with Crippen LogP contribution in [0.15, 0.2) is 48.5 Å². The number of benzene rings is 2. The maximum absolute atomic E-state index is 12.5. The molecule has 4 heteroatoms. The zero-order chi connectivity index (χ0) is 19.3. The van der Waals surface area contributed by atoms with Crippen molar-refractivity contribution < 1.29 is 9.53 Å². The zero-order valence-corrected chi connectivity index (χ0v) is 16.6. The average molecular weight is 367 g/mol. The second-order valence-electron chi connectivity index (χ2n) is 7.70. The van der Waals surface area contributed by atoms with Crippen molar-refractivity contribution in [3.8, 4) is 11.1 Å². The van der Waals surface area contributed by atoms with E-state index >= 15 is 0 Å². The minimum absolute atomic E-state index is 0.00799. The van der Waals surface area contributed by atoms with Gasteiger partial charge in [-0.3, -0.25) is 4.79 Å². The summed E-state index contributed by atoms with van der Waals surface area (Å²) in [5, 5.41) is 3.11. The van der Waals surface area contributed by atoms with Crippen LogP contribution in [0.2, 0.25) is 0 Å². The number of rotatable bonds is 8. The Kier molecular flexibility index (Phi) is 6.17. The first kappa shape index (κ1) is 19.4. The van der Waals surface area contributed by atoms with Crippen LogP contribution in [-0.4, -0.2) is 39.8 Å². The summed E-state index contributed by atoms with van der Waals surface area (Å²) in [6.07, 6.45) is 3.49. The van der Waals surface area contributed by atoms with Gasteiger partial charge in [-0.25, -0.2) is 0 Å². The quantitative estimate of drug-likeness (QED) is 0.755. The molecule has 0 atom stereocenters. The first-order valence-electron chi connectivity index (χ1n) is 9.77. The van der Waals surface area contributed by atoms with Gasteiger partial charge < -0.3 is 15.0 Å². The number of carbonyl (C=O) groups excluding carboxylic acids is 1. The van der Waals surface area contributed by atoms with Crippen molar-refractivity contribution in [3.63, 3.8) is 0 Å². The molecule has 4 nitrogen and oxygen atoms in total. The third-order valence-corrected chi connectivity index (χ3v) is 5.49. The molecule has 27 heavy (non-hydrogen) atoms. The number of anilines is 1. The molecule has 0 aromatic heterocycles. The van der Waals surface area contributed by atoms with Crippen LogP contribution in [0.3, 0.4) is 0 Å². The second kappa shape index (κ2) is 8.57. The van der Waals surface area contributed by atoms with Crippen molar-refractivity contribution in [2.75, 3.05) is 38.8 Å². The molecule has 0 bridgehead atoms. The minimum atomic E-state index is -0.00799. The fourth-order valence-corrected chi connectivity index (χ4v) is 3.52. The van der Waals surface area contributed by atoms with Crippen molar-refractivity contribution >= 4 is 11.6 Å². The standard InChI is InChI=1S/C23H30N2O2/c1-4-27-17-23(13-6-14-23)16-24-22(26)19-11-9-18(10-12-19)20-7-5-8-21(15-20)25(2)3/h5,7-12,15H,4,6,13-14,16-17H2,1-3H3,(H,24,26). The van der Waals surface area contributed by atoms with Gasteiger partial charge in [0.25, 0.3) is 5.91 Å². The SMILES string of the molecule is CCOCC1(CNC(=O)c2ccc(-c3cccc(N(C)C)c3)cc2)CCC1. The number of ether oxygens (including phenoxy) is 1. The van der Waals surface area contributed by atoms with E-state index in [9.17, 15) is 4.79 Å². The topological polar surface area (TPSA) is 41.6 Å². The van der Waals surface area contributed by atoms with Crippen LogP contribution in [0, 0.1) is 5.41 Å². The predicted octanol–water partition coefficient (Wildman–Crippen LogP) is 4.36. The van der Waals surface area contributed by atoms with E-state index in [1.165, 1.54) is 6.42 Å². The van der Waals surface area contributed by atoms with E-state index in [0.29, 0.717) is 12.1 Å². The number of hydrogen-bond donors (Lipinski definition) is 1. The lowest BCUT2D eigenvalue weighted by atomic mass is 9.69. The second-order valence-corrected chi connectivity index (χ2v) is 7.70. The third-order valence-electron chi connectivity index (χ3n) is 5.49. The monoisotopic (exact) mass is 366 g/mol. The maximum atomic E-state index is 12.5. The third kappa shape index (κ3) is 4.69. The van der Waals surface area contributed by atoms with Crippen LogP contribution in [-0.2, 0) is 4.74 Å². The van der Waals surface area contributed by atoms with Gasteiger partial charge in [-0.1, -0.05) is 30.7 Å². The smallest absolute Gasteiger partial charge is 0.251 e. The van der Waals surface area contributed by atoms with Crippen LogP contribution in [0.5, 0.6) is 0 Å². The lowest BCUT2D eigenvalue weighted by Crippen LogP contribution is -2.45. The summed E-state index contributed by atoms with van der Waals surface area (Å²) in [6, 6.07) is 16.2. The Hall–Kier alpha value is -2.33. The van der Waals surface area contributed by atoms with Crippen LogP contribution in [0.25, 0.3) is 11.1 Å². The molecule has 1 aliphatic rings. The highest BCUT2D eigenvalue weighted by molar-refractivity contribution is 5.94. The lowest BCUT2D eigenvalue weighted by Gasteiger charge is -2.41. The molecule has 0 unspecified atom stereocenters. The maximum Gasteiger partial charge on any atom is 0.251 e. The van der Waals surface area contributed by atoms with Crippen LogP contribution in [0.4, 0.5) is 5.69 Å². The zero-order valence-electron chi connectivity index (χ0n) is 16.6. The molecule has 2 aromatic carbocycles. The van der Waals surface area contributed by atoms with Crippen LogP contribution < -0.4 is 10.2 Å². The van der Waals surface area contributed by atoms with Gasteiger partial charge in [-0.05, 0) is 55.2 Å². The molecular weight excluding hydrogens is 336 g/mol. The van der Waals surface area contributed by atoms with Gasteiger partial charge in [0.2, 0.25) is 0 Å². The minimum Gasteiger partial charge on any atom is -0.381 e. The summed E-state index contributed by atoms with van der Waals surface area (Å²) >= 11 is 0. The molecule has 0 aliphatic heterocycles. The highest BCUT2D eigenvalue weighted by atomic mass is 16.5. The van der Waals surface area contributed by atoms with E-state index in [4.69, 9.17) is 4.74 Å². The van der Waals surface area contributed by atoms with E-state index in [0.717, 1.165) is 42.9 Å². The number of hydrogen-bond acceptors (Lipinski definition) is 3. The van der Waals surface area contributed by atoms with Gasteiger partial charge in [-0.2, -0.15) is 0 Å². The molecule has 0 heterocycles. The number of nitrogens with zero attached hydrogens (tertiary/aromatic N) is 1. The Morgan fingerprint density at radius 1 is 1.11 bits per heavy atom. The van der Waals surface area contributed by atoms with Gasteiger partial charge in [-0.15, -0.1) is 0 Å². The summed E-state index contributed by atoms with van der Waals surface area (Å²) < 4.78 is 5.62. The Balaban J connectivity index is 1.63. The molecule has 0 saturated heterocycles. The molecule has 1 aliphatic carbocycles. The van der Waals surface area contributed by atoms with Crippen molar-refractivity contribution in [1.29, 1.82) is 0 Å². The summed E-state index contributed by atoms with van der Waals surface area (Å²) in [4.78, 5) is 14.6. The normalized spacial score (nSPS) is 15.1. The van der Waals surface area contributed by atoms with E-state index in [-0.39, 0.29) is 11.3 Å². The van der Waals surface area contributed by atoms with Gasteiger partial charge in [0.05, 0.1) is 6.61 Å². The van der Waals surface area contributed by atoms with Gasteiger partial charge >= 0.3 is 0 Å². The molecule has 0 spiro atoms. The lowest BCUT2D eigenvalue weighted by molar-refractivity contribution is -0.000182. The van der Waals surface area contributed by atoms with E-state index < -0.39 is 0 Å². The van der Waals surface area contributed by atoms with E-state index in [1.54, 1.807) is 0 Å². The van der Waals surface area contributed by atoms with Crippen LogP contribution in [0.1, 0.15) is 36.5 Å². The fourth-order valence-electron chi connectivity index (χ4n) is 3.52. The van der Waals surface area contributed by atoms with E-state index in [2.05, 4.69) is 34.5 Å². The summed E-state index contributed by atoms with van der Waals surface area (Å²) in [5.41, 5.74) is 4.27. The number of carbonyl (C=O) groups is 1. The van der Waals surface area contributed by atoms with Gasteiger partial charge in [0, 0.05) is 43.9 Å². The van der Waals surface area contributed by atoms with Crippen molar-refractivity contribution in [2.24, 2.45) is 5.41 Å². The van der Waals surface area contributed by atoms with Gasteiger partial charge in [0.1, 0.15) is 0 Å². The molecule has 144 valence electrons.